The summed E-state index contributed by atoms with van der Waals surface area (Å²) in [5, 5.41) is 0.356. The van der Waals surface area contributed by atoms with Gasteiger partial charge in [0.05, 0.1) is 29.2 Å². The van der Waals surface area contributed by atoms with E-state index in [1.54, 1.807) is 30.3 Å². The molecule has 2 aliphatic rings. The second-order valence-corrected chi connectivity index (χ2v) is 11.3. The number of pyridine rings is 1. The minimum atomic E-state index is -0.570. The van der Waals surface area contributed by atoms with Crippen LogP contribution in [0.25, 0.3) is 11.0 Å². The number of halogens is 2. The lowest BCUT2D eigenvalue weighted by Crippen LogP contribution is -2.32. The number of benzene rings is 2. The monoisotopic (exact) mass is 578 g/mol. The number of imidazole rings is 1. The van der Waals surface area contributed by atoms with Gasteiger partial charge in [-0.2, -0.15) is 5.90 Å². The highest BCUT2D eigenvalue weighted by atomic mass is 35.5. The van der Waals surface area contributed by atoms with Crippen LogP contribution in [0.4, 0.5) is 4.39 Å². The fourth-order valence-corrected chi connectivity index (χ4v) is 5.97. The SMILES string of the molecule is NOC(=O)c1ccc2nc(CC3CCC(c4cccc(OCc5ccc(Cl)cc5F)n4)CC3)n(CC3CCO3)c2c1. The summed E-state index contributed by atoms with van der Waals surface area (Å²) in [7, 11) is 0. The Labute approximate surface area is 242 Å². The van der Waals surface area contributed by atoms with Gasteiger partial charge >= 0.3 is 5.97 Å². The number of nitrogens with zero attached hydrogens (tertiary/aromatic N) is 3. The van der Waals surface area contributed by atoms with Crippen LogP contribution in [0.5, 0.6) is 5.88 Å². The van der Waals surface area contributed by atoms with Gasteiger partial charge in [0.15, 0.2) is 0 Å². The first kappa shape index (κ1) is 27.6. The van der Waals surface area contributed by atoms with E-state index in [9.17, 15) is 9.18 Å². The molecule has 0 bridgehead atoms. The van der Waals surface area contributed by atoms with E-state index in [-0.39, 0.29) is 18.5 Å². The molecular formula is C31H32ClFN4O4. The van der Waals surface area contributed by atoms with Gasteiger partial charge in [0, 0.05) is 41.3 Å². The van der Waals surface area contributed by atoms with Crippen molar-refractivity contribution in [3.63, 3.8) is 0 Å². The Morgan fingerprint density at radius 3 is 2.63 bits per heavy atom. The third-order valence-corrected chi connectivity index (χ3v) is 8.46. The van der Waals surface area contributed by atoms with Gasteiger partial charge in [-0.25, -0.2) is 19.2 Å². The summed E-state index contributed by atoms with van der Waals surface area (Å²) >= 11 is 5.85. The Morgan fingerprint density at radius 1 is 1.07 bits per heavy atom. The molecule has 1 aliphatic heterocycles. The molecule has 6 rings (SSSR count). The fourth-order valence-electron chi connectivity index (χ4n) is 5.81. The smallest absolute Gasteiger partial charge is 0.356 e. The van der Waals surface area contributed by atoms with Crippen LogP contribution >= 0.6 is 11.6 Å². The van der Waals surface area contributed by atoms with Gasteiger partial charge in [-0.3, -0.25) is 0 Å². The highest BCUT2D eigenvalue weighted by molar-refractivity contribution is 6.30. The van der Waals surface area contributed by atoms with Gasteiger partial charge in [-0.15, -0.1) is 0 Å². The van der Waals surface area contributed by atoms with Crippen molar-refractivity contribution < 1.29 is 23.5 Å². The molecule has 2 N–H and O–H groups in total. The average Bonchev–Trinajstić information content (AvgIpc) is 3.30. The summed E-state index contributed by atoms with van der Waals surface area (Å²) in [6, 6.07) is 15.7. The van der Waals surface area contributed by atoms with E-state index in [0.29, 0.717) is 40.4 Å². The maximum Gasteiger partial charge on any atom is 0.356 e. The van der Waals surface area contributed by atoms with E-state index >= 15 is 0 Å². The number of carbonyl (C=O) groups excluding carboxylic acids is 1. The molecule has 2 aromatic carbocycles. The van der Waals surface area contributed by atoms with Crippen molar-refractivity contribution in [2.75, 3.05) is 6.61 Å². The number of fused-ring (bicyclic) bond motifs is 1. The molecule has 1 saturated heterocycles. The zero-order valence-corrected chi connectivity index (χ0v) is 23.4. The first-order valence-corrected chi connectivity index (χ1v) is 14.4. The first-order chi connectivity index (χ1) is 20.0. The first-order valence-electron chi connectivity index (χ1n) is 14.0. The van der Waals surface area contributed by atoms with Crippen molar-refractivity contribution in [3.05, 3.63) is 88.1 Å². The Kier molecular flexibility index (Phi) is 8.18. The summed E-state index contributed by atoms with van der Waals surface area (Å²) in [6.07, 6.45) is 6.18. The molecule has 2 fully saturated rings. The highest BCUT2D eigenvalue weighted by Crippen LogP contribution is 2.37. The molecule has 0 spiro atoms. The van der Waals surface area contributed by atoms with Crippen molar-refractivity contribution in [1.82, 2.24) is 14.5 Å². The van der Waals surface area contributed by atoms with Crippen LogP contribution in [0, 0.1) is 11.7 Å². The van der Waals surface area contributed by atoms with Crippen LogP contribution in [0.2, 0.25) is 5.02 Å². The largest absolute Gasteiger partial charge is 0.473 e. The molecule has 1 atom stereocenters. The summed E-state index contributed by atoms with van der Waals surface area (Å²) in [5.74, 6) is 6.49. The molecule has 10 heteroatoms. The number of rotatable bonds is 9. The normalized spacial score (nSPS) is 20.5. The number of hydrogen-bond acceptors (Lipinski definition) is 7. The summed E-state index contributed by atoms with van der Waals surface area (Å²) in [5.41, 5.74) is 3.59. The molecule has 1 aliphatic carbocycles. The number of nitrogens with two attached hydrogens (primary N) is 1. The number of aromatic nitrogens is 3. The van der Waals surface area contributed by atoms with Crippen molar-refractivity contribution in [1.29, 1.82) is 0 Å². The van der Waals surface area contributed by atoms with E-state index in [0.717, 1.165) is 67.7 Å². The van der Waals surface area contributed by atoms with Gasteiger partial charge < -0.3 is 18.9 Å². The van der Waals surface area contributed by atoms with E-state index in [2.05, 4.69) is 9.40 Å². The fraction of sp³-hybridized carbons (Fsp3) is 0.387. The van der Waals surface area contributed by atoms with Crippen LogP contribution in [0.1, 0.15) is 65.5 Å². The Morgan fingerprint density at radius 2 is 1.90 bits per heavy atom. The summed E-state index contributed by atoms with van der Waals surface area (Å²) in [6.45, 7) is 1.58. The van der Waals surface area contributed by atoms with Crippen LogP contribution in [-0.4, -0.2) is 33.2 Å². The molecule has 4 aromatic rings. The maximum absolute atomic E-state index is 14.1. The number of carbonyl (C=O) groups is 1. The zero-order chi connectivity index (χ0) is 28.3. The highest BCUT2D eigenvalue weighted by Gasteiger charge is 2.27. The molecule has 41 heavy (non-hydrogen) atoms. The van der Waals surface area contributed by atoms with Gasteiger partial charge in [-0.1, -0.05) is 23.7 Å². The molecule has 0 amide bonds. The predicted octanol–water partition coefficient (Wildman–Crippen LogP) is 6.14. The molecule has 8 nitrogen and oxygen atoms in total. The Balaban J connectivity index is 1.11. The molecular weight excluding hydrogens is 547 g/mol. The third-order valence-electron chi connectivity index (χ3n) is 8.22. The molecule has 1 saturated carbocycles. The second kappa shape index (κ2) is 12.1. The standard InChI is InChI=1S/C31H32ClFN4O4/c32-23-10-8-22(25(33)16-23)18-40-30-3-1-2-26(36-30)20-6-4-19(5-7-20)14-29-35-27-11-9-21(31(38)41-34)15-28(27)37(29)17-24-12-13-39-24/h1-3,8-11,15-16,19-20,24H,4-7,12-14,17-18,34H2. The maximum atomic E-state index is 14.1. The van der Waals surface area contributed by atoms with Gasteiger partial charge in [0.1, 0.15) is 18.2 Å². The van der Waals surface area contributed by atoms with Crippen LogP contribution in [0.3, 0.4) is 0 Å². The average molecular weight is 579 g/mol. The third kappa shape index (κ3) is 6.22. The summed E-state index contributed by atoms with van der Waals surface area (Å²) in [4.78, 5) is 26.2. The van der Waals surface area contributed by atoms with Gasteiger partial charge in [0.25, 0.3) is 0 Å². The van der Waals surface area contributed by atoms with Crippen molar-refractivity contribution in [2.45, 2.75) is 63.7 Å². The van der Waals surface area contributed by atoms with Crippen LogP contribution in [0.15, 0.2) is 54.6 Å². The Bertz CT molecular complexity index is 1550. The van der Waals surface area contributed by atoms with Crippen molar-refractivity contribution >= 4 is 28.6 Å². The van der Waals surface area contributed by atoms with E-state index in [1.165, 1.54) is 6.07 Å². The molecule has 1 unspecified atom stereocenters. The van der Waals surface area contributed by atoms with Gasteiger partial charge in [0.2, 0.25) is 5.88 Å². The number of ether oxygens (including phenoxy) is 2. The Hall–Kier alpha value is -3.53. The molecule has 0 radical (unpaired) electrons. The predicted molar refractivity (Wildman–Crippen MR) is 152 cm³/mol. The van der Waals surface area contributed by atoms with E-state index in [1.807, 2.05) is 18.2 Å². The minimum absolute atomic E-state index is 0.0913. The molecule has 214 valence electrons. The van der Waals surface area contributed by atoms with Gasteiger partial charge in [-0.05, 0) is 74.4 Å². The lowest BCUT2D eigenvalue weighted by Gasteiger charge is -2.30. The minimum Gasteiger partial charge on any atom is -0.473 e. The quantitative estimate of drug-likeness (QED) is 0.238. The molecule has 2 aromatic heterocycles. The lowest BCUT2D eigenvalue weighted by atomic mass is 9.79. The second-order valence-electron chi connectivity index (χ2n) is 10.9. The number of hydrogen-bond donors (Lipinski definition) is 1. The van der Waals surface area contributed by atoms with Crippen LogP contribution < -0.4 is 10.6 Å². The summed E-state index contributed by atoms with van der Waals surface area (Å²) < 4.78 is 27.9. The van der Waals surface area contributed by atoms with Crippen molar-refractivity contribution in [2.24, 2.45) is 11.8 Å². The molecule has 3 heterocycles. The van der Waals surface area contributed by atoms with Crippen molar-refractivity contribution in [3.8, 4) is 5.88 Å². The zero-order valence-electron chi connectivity index (χ0n) is 22.6. The van der Waals surface area contributed by atoms with E-state index < -0.39 is 5.97 Å². The van der Waals surface area contributed by atoms with Crippen LogP contribution in [-0.2, 0) is 29.1 Å². The van der Waals surface area contributed by atoms with E-state index in [4.69, 9.17) is 36.9 Å². The topological polar surface area (TPSA) is 101 Å². The lowest BCUT2D eigenvalue weighted by molar-refractivity contribution is -0.0590.